The normalized spacial score (nSPS) is 12.0. The van der Waals surface area contributed by atoms with Crippen LogP contribution in [-0.2, 0) is 0 Å². The van der Waals surface area contributed by atoms with Crippen molar-refractivity contribution in [3.63, 3.8) is 0 Å². The van der Waals surface area contributed by atoms with Crippen molar-refractivity contribution in [3.8, 4) is 33.9 Å². The number of aromatic nitrogens is 1. The third kappa shape index (κ3) is 5.15. The van der Waals surface area contributed by atoms with Crippen LogP contribution in [0.5, 0.6) is 11.5 Å². The van der Waals surface area contributed by atoms with E-state index in [9.17, 15) is 30.7 Å². The molecule has 0 aliphatic rings. The van der Waals surface area contributed by atoms with Crippen LogP contribution in [0.25, 0.3) is 22.4 Å². The highest BCUT2D eigenvalue weighted by Crippen LogP contribution is 2.37. The Morgan fingerprint density at radius 1 is 0.655 bits per heavy atom. The van der Waals surface area contributed by atoms with Gasteiger partial charge in [-0.1, -0.05) is 30.3 Å². The van der Waals surface area contributed by atoms with E-state index in [-0.39, 0.29) is 22.4 Å². The molecule has 0 unspecified atom stereocenters. The molecule has 0 saturated carbocycles. The van der Waals surface area contributed by atoms with Crippen LogP contribution < -0.4 is 9.47 Å². The molecule has 10 heteroatoms. The molecule has 1 aromatic heterocycles. The maximum atomic E-state index is 14.7. The van der Waals surface area contributed by atoms with Crippen LogP contribution in [0.15, 0.2) is 60.8 Å². The number of ether oxygens (including phenoxy) is 2. The van der Waals surface area contributed by atoms with Gasteiger partial charge < -0.3 is 9.47 Å². The Balaban J connectivity index is 2.02. The van der Waals surface area contributed by atoms with Gasteiger partial charge in [0.15, 0.2) is 0 Å². The molecular formula is C19H10F7NO2. The summed E-state index contributed by atoms with van der Waals surface area (Å²) in [4.78, 5) is 3.89. The molecule has 1 heterocycles. The summed E-state index contributed by atoms with van der Waals surface area (Å²) in [5, 5.41) is 0. The van der Waals surface area contributed by atoms with Gasteiger partial charge in [0.1, 0.15) is 17.3 Å². The lowest BCUT2D eigenvalue weighted by molar-refractivity contribution is -0.275. The van der Waals surface area contributed by atoms with Crippen LogP contribution in [-0.4, -0.2) is 17.7 Å². The van der Waals surface area contributed by atoms with E-state index in [2.05, 4.69) is 14.5 Å². The van der Waals surface area contributed by atoms with Crippen molar-refractivity contribution in [1.29, 1.82) is 0 Å². The van der Waals surface area contributed by atoms with Gasteiger partial charge in [-0.05, 0) is 18.2 Å². The first-order valence-corrected chi connectivity index (χ1v) is 7.89. The first-order valence-electron chi connectivity index (χ1n) is 7.89. The van der Waals surface area contributed by atoms with Gasteiger partial charge in [0.25, 0.3) is 0 Å². The predicted octanol–water partition coefficient (Wildman–Crippen LogP) is 6.35. The average Bonchev–Trinajstić information content (AvgIpc) is 2.60. The Hall–Kier alpha value is -3.30. The molecule has 0 aliphatic heterocycles. The van der Waals surface area contributed by atoms with Crippen LogP contribution >= 0.6 is 0 Å². The molecule has 0 amide bonds. The number of hydrogen-bond donors (Lipinski definition) is 0. The second-order valence-electron chi connectivity index (χ2n) is 5.64. The van der Waals surface area contributed by atoms with E-state index >= 15 is 0 Å². The van der Waals surface area contributed by atoms with Crippen LogP contribution in [0, 0.1) is 5.82 Å². The van der Waals surface area contributed by atoms with Crippen molar-refractivity contribution >= 4 is 0 Å². The number of alkyl halides is 6. The lowest BCUT2D eigenvalue weighted by Gasteiger charge is -2.15. The summed E-state index contributed by atoms with van der Waals surface area (Å²) in [7, 11) is 0. The van der Waals surface area contributed by atoms with Crippen LogP contribution in [0.1, 0.15) is 0 Å². The summed E-state index contributed by atoms with van der Waals surface area (Å²) < 4.78 is 97.8. The zero-order valence-corrected chi connectivity index (χ0v) is 14.2. The SMILES string of the molecule is Fc1cc(-c2ccccc2OC(F)(F)F)ncc1-c1ccccc1OC(F)(F)F. The van der Waals surface area contributed by atoms with Gasteiger partial charge in [-0.2, -0.15) is 0 Å². The van der Waals surface area contributed by atoms with Gasteiger partial charge in [-0.15, -0.1) is 26.3 Å². The highest BCUT2D eigenvalue weighted by Gasteiger charge is 2.33. The monoisotopic (exact) mass is 417 g/mol. The Morgan fingerprint density at radius 2 is 1.14 bits per heavy atom. The topological polar surface area (TPSA) is 31.4 Å². The standard InChI is InChI=1S/C19H10F7NO2/c20-14-9-15(12-6-2-4-8-17(12)29-19(24,25)26)27-10-13(14)11-5-1-3-7-16(11)28-18(21,22)23/h1-10H. The number of para-hydroxylation sites is 2. The van der Waals surface area contributed by atoms with Gasteiger partial charge in [-0.25, -0.2) is 4.39 Å². The number of hydrogen-bond acceptors (Lipinski definition) is 3. The Labute approximate surface area is 159 Å². The van der Waals surface area contributed by atoms with Crippen LogP contribution in [0.3, 0.4) is 0 Å². The smallest absolute Gasteiger partial charge is 0.405 e. The highest BCUT2D eigenvalue weighted by atomic mass is 19.4. The van der Waals surface area contributed by atoms with Gasteiger partial charge >= 0.3 is 12.7 Å². The summed E-state index contributed by atoms with van der Waals surface area (Å²) in [6.07, 6.45) is -9.05. The first-order chi connectivity index (χ1) is 13.5. The fraction of sp³-hybridized carbons (Fsp3) is 0.105. The van der Waals surface area contributed by atoms with E-state index in [1.807, 2.05) is 0 Å². The minimum atomic E-state index is -4.99. The van der Waals surface area contributed by atoms with E-state index in [1.165, 1.54) is 36.4 Å². The lowest BCUT2D eigenvalue weighted by Crippen LogP contribution is -2.18. The molecule has 0 N–H and O–H groups in total. The summed E-state index contributed by atoms with van der Waals surface area (Å²) in [5.74, 6) is -2.25. The molecule has 152 valence electrons. The van der Waals surface area contributed by atoms with E-state index < -0.39 is 30.0 Å². The molecule has 3 nitrogen and oxygen atoms in total. The third-order valence-electron chi connectivity index (χ3n) is 3.65. The van der Waals surface area contributed by atoms with Crippen molar-refractivity contribution in [2.24, 2.45) is 0 Å². The summed E-state index contributed by atoms with van der Waals surface area (Å²) in [6.45, 7) is 0. The molecule has 0 bridgehead atoms. The second kappa shape index (κ2) is 7.61. The fourth-order valence-corrected chi connectivity index (χ4v) is 2.57. The molecule has 0 aliphatic carbocycles. The Bertz CT molecular complexity index is 1020. The van der Waals surface area contributed by atoms with Gasteiger partial charge in [0.2, 0.25) is 0 Å². The van der Waals surface area contributed by atoms with E-state index in [1.54, 1.807) is 0 Å². The minimum Gasteiger partial charge on any atom is -0.405 e. The molecule has 0 saturated heterocycles. The summed E-state index contributed by atoms with van der Waals surface area (Å²) in [5.41, 5.74) is -0.876. The molecule has 0 spiro atoms. The average molecular weight is 417 g/mol. The maximum Gasteiger partial charge on any atom is 0.573 e. The largest absolute Gasteiger partial charge is 0.573 e. The first kappa shape index (κ1) is 20.4. The number of benzene rings is 2. The third-order valence-corrected chi connectivity index (χ3v) is 3.65. The van der Waals surface area contributed by atoms with Crippen molar-refractivity contribution in [2.45, 2.75) is 12.7 Å². The molecular weight excluding hydrogens is 407 g/mol. The van der Waals surface area contributed by atoms with Crippen LogP contribution in [0.4, 0.5) is 30.7 Å². The predicted molar refractivity (Wildman–Crippen MR) is 88.4 cm³/mol. The minimum absolute atomic E-state index is 0.143. The van der Waals surface area contributed by atoms with Crippen molar-refractivity contribution in [1.82, 2.24) is 4.98 Å². The zero-order valence-electron chi connectivity index (χ0n) is 14.2. The molecule has 0 fully saturated rings. The quantitative estimate of drug-likeness (QED) is 0.464. The Morgan fingerprint density at radius 3 is 1.66 bits per heavy atom. The van der Waals surface area contributed by atoms with E-state index in [0.29, 0.717) is 0 Å². The second-order valence-corrected chi connectivity index (χ2v) is 5.64. The van der Waals surface area contributed by atoms with Crippen LogP contribution in [0.2, 0.25) is 0 Å². The summed E-state index contributed by atoms with van der Waals surface area (Å²) in [6, 6.07) is 10.6. The molecule has 3 aromatic rings. The van der Waals surface area contributed by atoms with Gasteiger partial charge in [0, 0.05) is 29.0 Å². The zero-order chi connectivity index (χ0) is 21.2. The molecule has 0 radical (unpaired) electrons. The maximum absolute atomic E-state index is 14.7. The number of pyridine rings is 1. The molecule has 3 rings (SSSR count). The molecule has 2 aromatic carbocycles. The van der Waals surface area contributed by atoms with Gasteiger partial charge in [-0.3, -0.25) is 4.98 Å². The summed E-state index contributed by atoms with van der Waals surface area (Å²) >= 11 is 0. The Kier molecular flexibility index (Phi) is 5.36. The van der Waals surface area contributed by atoms with Crippen molar-refractivity contribution in [3.05, 3.63) is 66.6 Å². The van der Waals surface area contributed by atoms with Crippen molar-refractivity contribution in [2.75, 3.05) is 0 Å². The number of halogens is 7. The number of rotatable bonds is 4. The van der Waals surface area contributed by atoms with Gasteiger partial charge in [0.05, 0.1) is 5.69 Å². The lowest BCUT2D eigenvalue weighted by atomic mass is 10.0. The number of nitrogens with zero attached hydrogens (tertiary/aromatic N) is 1. The van der Waals surface area contributed by atoms with Crippen molar-refractivity contribution < 1.29 is 40.2 Å². The molecule has 29 heavy (non-hydrogen) atoms. The highest BCUT2D eigenvalue weighted by molar-refractivity contribution is 5.74. The van der Waals surface area contributed by atoms with E-state index in [4.69, 9.17) is 0 Å². The van der Waals surface area contributed by atoms with E-state index in [0.717, 1.165) is 24.4 Å². The molecule has 0 atom stereocenters. The fourth-order valence-electron chi connectivity index (χ4n) is 2.57.